The summed E-state index contributed by atoms with van der Waals surface area (Å²) in [6, 6.07) is 2.77. The Kier molecular flexibility index (Phi) is 9.54. The molecule has 2 amide bonds. The molecule has 45 heavy (non-hydrogen) atoms. The zero-order valence-electron chi connectivity index (χ0n) is 24.6. The van der Waals surface area contributed by atoms with Gasteiger partial charge < -0.3 is 36.3 Å². The lowest BCUT2D eigenvalue weighted by Crippen LogP contribution is -2.71. The zero-order chi connectivity index (χ0) is 32.3. The van der Waals surface area contributed by atoms with Crippen LogP contribution >= 0.6 is 23.3 Å². The summed E-state index contributed by atoms with van der Waals surface area (Å²) in [6.07, 6.45) is 6.21. The third-order valence-electron chi connectivity index (χ3n) is 7.51. The van der Waals surface area contributed by atoms with E-state index in [1.807, 2.05) is 29.1 Å². The van der Waals surface area contributed by atoms with Crippen LogP contribution in [0.15, 0.2) is 41.0 Å². The van der Waals surface area contributed by atoms with Crippen LogP contribution < -0.4 is 20.9 Å². The predicted molar refractivity (Wildman–Crippen MR) is 164 cm³/mol. The van der Waals surface area contributed by atoms with Gasteiger partial charge in [-0.05, 0) is 39.8 Å². The van der Waals surface area contributed by atoms with Crippen LogP contribution in [-0.2, 0) is 30.6 Å². The predicted octanol–water partition coefficient (Wildman–Crippen LogP) is -0.0618. The van der Waals surface area contributed by atoms with E-state index in [-0.39, 0.29) is 23.2 Å². The molecule has 2 unspecified atom stereocenters. The standard InChI is InChI=1S/C27H33N9O7S2/c1-27(2,25(41)42)43-32-17(20-31-26(28)45-33-20)21(37)30-18-22(38)36-19(24(39)40)15(14-44-23(18)36)13-35-10-5-16(6-11-35)29-7-12-34-8-3-4-9-34/h5-6,10-11,18,23H,3-4,7-9,12-14H2,1-2H3,(H5,28,30,31,33,37,39,40,41,42)/p+1/b32-17-. The minimum atomic E-state index is -1.78. The zero-order valence-corrected chi connectivity index (χ0v) is 26.3. The molecule has 2 saturated heterocycles. The lowest BCUT2D eigenvalue weighted by molar-refractivity contribution is -0.688. The molecule has 0 radical (unpaired) electrons. The number of nitrogen functional groups attached to an aromatic ring is 1. The summed E-state index contributed by atoms with van der Waals surface area (Å²) in [6.45, 7) is 6.83. The third kappa shape index (κ3) is 7.18. The van der Waals surface area contributed by atoms with Crippen LogP contribution in [0.2, 0.25) is 0 Å². The van der Waals surface area contributed by atoms with Gasteiger partial charge >= 0.3 is 11.9 Å². The number of carboxylic acid groups (broad SMARTS) is 2. The van der Waals surface area contributed by atoms with Crippen molar-refractivity contribution in [1.29, 1.82) is 0 Å². The van der Waals surface area contributed by atoms with E-state index >= 15 is 0 Å². The molecule has 0 bridgehead atoms. The van der Waals surface area contributed by atoms with Crippen molar-refractivity contribution in [2.75, 3.05) is 43.0 Å². The first-order valence-corrected chi connectivity index (χ1v) is 16.0. The number of β-lactam (4-membered cyclic amide) rings is 1. The molecular formula is C27H34N9O7S2+. The SMILES string of the molecule is CC(C)(O/N=C(\C(=O)NC1C(=O)N2C(C(=O)O)=C(C[n+]3ccc(NCCN4CCCC4)cc3)CSC12)c1nsc(N)n1)C(=O)O. The highest BCUT2D eigenvalue weighted by atomic mass is 32.2. The van der Waals surface area contributed by atoms with Gasteiger partial charge in [0, 0.05) is 53.8 Å². The second-order valence-electron chi connectivity index (χ2n) is 11.2. The lowest BCUT2D eigenvalue weighted by atomic mass is 10.0. The van der Waals surface area contributed by atoms with Crippen molar-refractivity contribution in [3.63, 3.8) is 0 Å². The summed E-state index contributed by atoms with van der Waals surface area (Å²) in [7, 11) is 0. The van der Waals surface area contributed by atoms with Crippen LogP contribution in [0.4, 0.5) is 10.8 Å². The minimum absolute atomic E-state index is 0.0294. The summed E-state index contributed by atoms with van der Waals surface area (Å²) in [4.78, 5) is 62.9. The summed E-state index contributed by atoms with van der Waals surface area (Å²) < 4.78 is 5.80. The van der Waals surface area contributed by atoms with Gasteiger partial charge in [-0.2, -0.15) is 9.36 Å². The number of nitrogens with one attached hydrogen (secondary N) is 2. The molecule has 0 aliphatic carbocycles. The van der Waals surface area contributed by atoms with E-state index in [1.165, 1.54) is 43.4 Å². The summed E-state index contributed by atoms with van der Waals surface area (Å²) in [5, 5.41) is 28.4. The van der Waals surface area contributed by atoms with E-state index in [9.17, 15) is 29.4 Å². The number of aromatic nitrogens is 3. The quantitative estimate of drug-likeness (QED) is 0.0825. The number of aliphatic carboxylic acids is 2. The number of anilines is 2. The number of pyridine rings is 1. The highest BCUT2D eigenvalue weighted by Crippen LogP contribution is 2.40. The summed E-state index contributed by atoms with van der Waals surface area (Å²) in [5.74, 6) is -4.01. The molecule has 2 aromatic rings. The number of hydrogen-bond donors (Lipinski definition) is 5. The molecule has 2 fully saturated rings. The van der Waals surface area contributed by atoms with Gasteiger partial charge in [0.2, 0.25) is 17.1 Å². The molecule has 3 aliphatic heterocycles. The molecule has 0 saturated carbocycles. The molecular weight excluding hydrogens is 626 g/mol. The topological polar surface area (TPSA) is 217 Å². The van der Waals surface area contributed by atoms with E-state index in [2.05, 4.69) is 30.0 Å². The number of nitrogens with zero attached hydrogens (tertiary/aromatic N) is 6. The summed E-state index contributed by atoms with van der Waals surface area (Å²) in [5.41, 5.74) is 4.77. The number of likely N-dealkylation sites (tertiary alicyclic amines) is 1. The maximum atomic E-state index is 13.2. The normalized spacial score (nSPS) is 20.4. The van der Waals surface area contributed by atoms with E-state index in [1.54, 1.807) is 0 Å². The molecule has 5 rings (SSSR count). The van der Waals surface area contributed by atoms with E-state index in [0.29, 0.717) is 11.3 Å². The Morgan fingerprint density at radius 2 is 1.93 bits per heavy atom. The van der Waals surface area contributed by atoms with Crippen molar-refractivity contribution in [1.82, 2.24) is 24.5 Å². The van der Waals surface area contributed by atoms with Gasteiger partial charge in [-0.3, -0.25) is 14.5 Å². The Hall–Kier alpha value is -4.29. The number of hydrogen-bond acceptors (Lipinski definition) is 13. The highest BCUT2D eigenvalue weighted by molar-refractivity contribution is 8.00. The lowest BCUT2D eigenvalue weighted by Gasteiger charge is -2.49. The van der Waals surface area contributed by atoms with Gasteiger partial charge in [-0.1, -0.05) is 5.16 Å². The van der Waals surface area contributed by atoms with Crippen LogP contribution in [0.25, 0.3) is 0 Å². The van der Waals surface area contributed by atoms with Gasteiger partial charge in [0.25, 0.3) is 11.8 Å². The fraction of sp³-hybridized carbons (Fsp3) is 0.481. The second kappa shape index (κ2) is 13.4. The molecule has 16 nitrogen and oxygen atoms in total. The fourth-order valence-electron chi connectivity index (χ4n) is 4.99. The van der Waals surface area contributed by atoms with Crippen molar-refractivity contribution in [2.24, 2.45) is 5.16 Å². The van der Waals surface area contributed by atoms with Gasteiger partial charge in [0.05, 0.1) is 0 Å². The third-order valence-corrected chi connectivity index (χ3v) is 9.39. The number of fused-ring (bicyclic) bond motifs is 1. The fourth-order valence-corrected chi connectivity index (χ4v) is 6.76. The number of nitrogens with two attached hydrogens (primary N) is 1. The van der Waals surface area contributed by atoms with E-state index < -0.39 is 46.5 Å². The number of carboxylic acids is 2. The maximum Gasteiger partial charge on any atom is 0.352 e. The van der Waals surface area contributed by atoms with E-state index in [4.69, 9.17) is 10.6 Å². The Labute approximate surface area is 266 Å². The molecule has 0 aromatic carbocycles. The molecule has 240 valence electrons. The summed E-state index contributed by atoms with van der Waals surface area (Å²) >= 11 is 2.10. The molecule has 0 spiro atoms. The van der Waals surface area contributed by atoms with Crippen LogP contribution in [-0.4, -0.2) is 108 Å². The molecule has 5 heterocycles. The van der Waals surface area contributed by atoms with Crippen molar-refractivity contribution in [3.8, 4) is 0 Å². The van der Waals surface area contributed by atoms with Gasteiger partial charge in [0.15, 0.2) is 24.1 Å². The van der Waals surface area contributed by atoms with Gasteiger partial charge in [-0.15, -0.1) is 11.8 Å². The molecule has 2 atom stereocenters. The highest BCUT2D eigenvalue weighted by Gasteiger charge is 2.55. The van der Waals surface area contributed by atoms with Crippen LogP contribution in [0.5, 0.6) is 0 Å². The first-order chi connectivity index (χ1) is 21.4. The Morgan fingerprint density at radius 1 is 1.22 bits per heavy atom. The molecule has 2 aromatic heterocycles. The number of carbonyl (C=O) groups excluding carboxylic acids is 2. The number of thioether (sulfide) groups is 1. The van der Waals surface area contributed by atoms with Crippen molar-refractivity contribution in [3.05, 3.63) is 41.6 Å². The number of carbonyl (C=O) groups is 4. The molecule has 18 heteroatoms. The number of oxime groups is 1. The average molecular weight is 661 g/mol. The largest absolute Gasteiger partial charge is 0.478 e. The first-order valence-electron chi connectivity index (χ1n) is 14.2. The van der Waals surface area contributed by atoms with Crippen LogP contribution in [0.1, 0.15) is 32.5 Å². The average Bonchev–Trinajstić information content (AvgIpc) is 3.68. The second-order valence-corrected chi connectivity index (χ2v) is 13.0. The van der Waals surface area contributed by atoms with Crippen molar-refractivity contribution >= 4 is 63.6 Å². The van der Waals surface area contributed by atoms with Crippen LogP contribution in [0, 0.1) is 0 Å². The van der Waals surface area contributed by atoms with Gasteiger partial charge in [-0.25, -0.2) is 14.2 Å². The smallest absolute Gasteiger partial charge is 0.352 e. The Bertz CT molecular complexity index is 1540. The van der Waals surface area contributed by atoms with E-state index in [0.717, 1.165) is 43.4 Å². The van der Waals surface area contributed by atoms with Crippen LogP contribution in [0.3, 0.4) is 0 Å². The van der Waals surface area contributed by atoms with Crippen molar-refractivity contribution < 1.29 is 38.8 Å². The first kappa shape index (κ1) is 32.1. The van der Waals surface area contributed by atoms with Crippen molar-refractivity contribution in [2.45, 2.75) is 50.3 Å². The Morgan fingerprint density at radius 3 is 2.56 bits per heavy atom. The maximum absolute atomic E-state index is 13.2. The monoisotopic (exact) mass is 660 g/mol. The van der Waals surface area contributed by atoms with Gasteiger partial charge in [0.1, 0.15) is 17.1 Å². The molecule has 6 N–H and O–H groups in total. The Balaban J connectivity index is 1.25. The number of amides is 2. The minimum Gasteiger partial charge on any atom is -0.478 e. The number of rotatable bonds is 13. The molecule has 3 aliphatic rings.